The lowest BCUT2D eigenvalue weighted by atomic mass is 10.2. The number of halogens is 1. The van der Waals surface area contributed by atoms with Gasteiger partial charge in [0.25, 0.3) is 0 Å². The fraction of sp³-hybridized carbons (Fsp3) is 0.600. The van der Waals surface area contributed by atoms with E-state index < -0.39 is 10.0 Å². The van der Waals surface area contributed by atoms with Crippen molar-refractivity contribution in [3.8, 4) is 0 Å². The summed E-state index contributed by atoms with van der Waals surface area (Å²) in [7, 11) is -1.17. The molecule has 1 aliphatic rings. The number of sulfonamides is 1. The fourth-order valence-corrected chi connectivity index (χ4v) is 4.10. The molecule has 0 aliphatic carbocycles. The van der Waals surface area contributed by atoms with E-state index >= 15 is 0 Å². The summed E-state index contributed by atoms with van der Waals surface area (Å²) in [6.45, 7) is 8.22. The fourth-order valence-electron chi connectivity index (χ4n) is 2.69. The maximum Gasteiger partial charge on any atom is 0.240 e. The smallest absolute Gasteiger partial charge is 0.240 e. The summed E-state index contributed by atoms with van der Waals surface area (Å²) in [5.74, 6) is 0. The highest BCUT2D eigenvalue weighted by atomic mass is 79.9. The number of piperazine rings is 1. The van der Waals surface area contributed by atoms with E-state index in [4.69, 9.17) is 0 Å². The zero-order chi connectivity index (χ0) is 16.2. The van der Waals surface area contributed by atoms with E-state index in [1.165, 1.54) is 26.2 Å². The highest BCUT2D eigenvalue weighted by Gasteiger charge is 2.20. The number of quaternary nitrogens is 2. The number of hydrogen-bond donors (Lipinski definition) is 3. The van der Waals surface area contributed by atoms with Crippen LogP contribution >= 0.6 is 15.9 Å². The molecule has 5 nitrogen and oxygen atoms in total. The number of nitrogens with one attached hydrogen (secondary N) is 3. The molecule has 0 aromatic heterocycles. The van der Waals surface area contributed by atoms with Crippen LogP contribution < -0.4 is 14.5 Å². The van der Waals surface area contributed by atoms with E-state index in [2.05, 4.69) is 27.7 Å². The van der Waals surface area contributed by atoms with Gasteiger partial charge in [-0.3, -0.25) is 0 Å². The molecular weight excluding hydrogens is 366 g/mol. The second-order valence-corrected chi connectivity index (χ2v) is 8.74. The Morgan fingerprint density at radius 1 is 1.23 bits per heavy atom. The van der Waals surface area contributed by atoms with Crippen LogP contribution in [-0.2, 0) is 10.0 Å². The van der Waals surface area contributed by atoms with Crippen molar-refractivity contribution in [1.29, 1.82) is 0 Å². The second-order valence-electron chi connectivity index (χ2n) is 6.12. The van der Waals surface area contributed by atoms with Gasteiger partial charge < -0.3 is 9.80 Å². The van der Waals surface area contributed by atoms with Gasteiger partial charge in [0.05, 0.1) is 18.5 Å². The Morgan fingerprint density at radius 2 is 1.91 bits per heavy atom. The average molecular weight is 392 g/mol. The first kappa shape index (κ1) is 17.9. The molecule has 0 saturated carbocycles. The monoisotopic (exact) mass is 391 g/mol. The van der Waals surface area contributed by atoms with Gasteiger partial charge in [0.2, 0.25) is 10.0 Å². The van der Waals surface area contributed by atoms with Crippen LogP contribution in [0.3, 0.4) is 0 Å². The third-order valence-electron chi connectivity index (χ3n) is 4.25. The Bertz CT molecular complexity index is 599. The summed E-state index contributed by atoms with van der Waals surface area (Å²) in [5.41, 5.74) is 0.923. The number of hydrogen-bond acceptors (Lipinski definition) is 2. The largest absolute Gasteiger partial charge is 0.328 e. The van der Waals surface area contributed by atoms with Crippen LogP contribution in [0.2, 0.25) is 0 Å². The van der Waals surface area contributed by atoms with Gasteiger partial charge in [-0.2, -0.15) is 0 Å². The predicted molar refractivity (Wildman–Crippen MR) is 90.9 cm³/mol. The summed E-state index contributed by atoms with van der Waals surface area (Å²) in [6.07, 6.45) is 0.878. The molecule has 22 heavy (non-hydrogen) atoms. The van der Waals surface area contributed by atoms with Crippen LogP contribution in [0, 0.1) is 6.92 Å². The van der Waals surface area contributed by atoms with E-state index in [0.29, 0.717) is 11.4 Å². The first-order valence-electron chi connectivity index (χ1n) is 7.79. The van der Waals surface area contributed by atoms with Crippen molar-refractivity contribution in [2.75, 3.05) is 46.3 Å². The van der Waals surface area contributed by atoms with Crippen LogP contribution in [0.1, 0.15) is 12.0 Å². The van der Waals surface area contributed by atoms with Crippen molar-refractivity contribution in [3.63, 3.8) is 0 Å². The third kappa shape index (κ3) is 5.03. The van der Waals surface area contributed by atoms with Crippen LogP contribution in [0.5, 0.6) is 0 Å². The van der Waals surface area contributed by atoms with E-state index in [1.807, 2.05) is 6.92 Å². The molecule has 3 N–H and O–H groups in total. The Morgan fingerprint density at radius 3 is 2.55 bits per heavy atom. The molecule has 0 bridgehead atoms. The van der Waals surface area contributed by atoms with Crippen molar-refractivity contribution in [2.45, 2.75) is 18.2 Å². The zero-order valence-electron chi connectivity index (χ0n) is 13.3. The zero-order valence-corrected chi connectivity index (χ0v) is 15.7. The standard InChI is InChI=1S/C15H24BrN3O2S/c1-13-12-14(4-5-15(13)16)22(20,21)17-6-3-7-19-10-8-18(2)9-11-19/h4-5,12,17H,3,6-11H2,1-2H3/p+2. The molecule has 1 saturated heterocycles. The molecule has 1 aromatic rings. The molecule has 0 amide bonds. The molecule has 1 fully saturated rings. The number of likely N-dealkylation sites (N-methyl/N-ethyl adjacent to an activating group) is 1. The maximum absolute atomic E-state index is 12.3. The topological polar surface area (TPSA) is 55.0 Å². The summed E-state index contributed by atoms with van der Waals surface area (Å²) in [6, 6.07) is 5.11. The molecule has 0 radical (unpaired) electrons. The van der Waals surface area contributed by atoms with E-state index in [0.717, 1.165) is 23.0 Å². The SMILES string of the molecule is Cc1cc(S(=O)(=O)NCCC[NH+]2CC[NH+](C)CC2)ccc1Br. The van der Waals surface area contributed by atoms with Crippen molar-refractivity contribution >= 4 is 26.0 Å². The van der Waals surface area contributed by atoms with Crippen molar-refractivity contribution in [2.24, 2.45) is 0 Å². The third-order valence-corrected chi connectivity index (χ3v) is 6.60. The Hall–Kier alpha value is -0.470. The second kappa shape index (κ2) is 7.88. The molecule has 1 aromatic carbocycles. The van der Waals surface area contributed by atoms with E-state index in [-0.39, 0.29) is 0 Å². The molecule has 7 heteroatoms. The molecule has 124 valence electrons. The molecule has 0 spiro atoms. The van der Waals surface area contributed by atoms with Gasteiger partial charge in [0, 0.05) is 17.4 Å². The summed E-state index contributed by atoms with van der Waals surface area (Å²) in [4.78, 5) is 3.52. The lowest BCUT2D eigenvalue weighted by molar-refractivity contribution is -1.00. The molecule has 2 rings (SSSR count). The first-order chi connectivity index (χ1) is 10.4. The minimum Gasteiger partial charge on any atom is -0.328 e. The molecule has 0 atom stereocenters. The van der Waals surface area contributed by atoms with Gasteiger partial charge in [-0.05, 0) is 30.7 Å². The van der Waals surface area contributed by atoms with Gasteiger partial charge in [-0.15, -0.1) is 0 Å². The quantitative estimate of drug-likeness (QED) is 0.535. The Balaban J connectivity index is 1.79. The van der Waals surface area contributed by atoms with E-state index in [1.54, 1.807) is 28.0 Å². The Kier molecular flexibility index (Phi) is 6.40. The lowest BCUT2D eigenvalue weighted by Crippen LogP contribution is -3.27. The van der Waals surface area contributed by atoms with Gasteiger partial charge >= 0.3 is 0 Å². The summed E-state index contributed by atoms with van der Waals surface area (Å²) >= 11 is 3.39. The average Bonchev–Trinajstić information content (AvgIpc) is 2.48. The van der Waals surface area contributed by atoms with E-state index in [9.17, 15) is 8.42 Å². The van der Waals surface area contributed by atoms with Crippen LogP contribution in [0.15, 0.2) is 27.6 Å². The van der Waals surface area contributed by atoms with Gasteiger partial charge in [-0.25, -0.2) is 13.1 Å². The molecule has 0 unspecified atom stereocenters. The van der Waals surface area contributed by atoms with Gasteiger partial charge in [0.1, 0.15) is 26.2 Å². The normalized spacial score (nSPS) is 22.7. The van der Waals surface area contributed by atoms with Crippen molar-refractivity contribution < 1.29 is 18.2 Å². The molecule has 1 aliphatic heterocycles. The van der Waals surface area contributed by atoms with Gasteiger partial charge in [0.15, 0.2) is 0 Å². The predicted octanol–water partition coefficient (Wildman–Crippen LogP) is -1.16. The number of aryl methyl sites for hydroxylation is 1. The lowest BCUT2D eigenvalue weighted by Gasteiger charge is -2.27. The summed E-state index contributed by atoms with van der Waals surface area (Å²) < 4.78 is 28.1. The summed E-state index contributed by atoms with van der Waals surface area (Å²) in [5, 5.41) is 0. The van der Waals surface area contributed by atoms with Crippen LogP contribution in [0.25, 0.3) is 0 Å². The Labute approximate surface area is 141 Å². The molecular formula is C15H26BrN3O2S+2. The molecule has 1 heterocycles. The minimum absolute atomic E-state index is 0.337. The van der Waals surface area contributed by atoms with Crippen molar-refractivity contribution in [3.05, 3.63) is 28.2 Å². The first-order valence-corrected chi connectivity index (χ1v) is 10.1. The highest BCUT2D eigenvalue weighted by molar-refractivity contribution is 9.10. The number of rotatable bonds is 6. The minimum atomic E-state index is -3.40. The maximum atomic E-state index is 12.3. The van der Waals surface area contributed by atoms with Crippen LogP contribution in [0.4, 0.5) is 0 Å². The van der Waals surface area contributed by atoms with Crippen LogP contribution in [-0.4, -0.2) is 54.7 Å². The number of benzene rings is 1. The van der Waals surface area contributed by atoms with Gasteiger partial charge in [-0.1, -0.05) is 15.9 Å². The highest BCUT2D eigenvalue weighted by Crippen LogP contribution is 2.19. The van der Waals surface area contributed by atoms with Crippen molar-refractivity contribution in [1.82, 2.24) is 4.72 Å².